The molecule has 0 saturated heterocycles. The lowest BCUT2D eigenvalue weighted by molar-refractivity contribution is -0.384. The zero-order chi connectivity index (χ0) is 28.2. The normalized spacial score (nSPS) is 12.1. The number of non-ortho nitro benzene ring substituents is 1. The maximum absolute atomic E-state index is 12.4. The number of halogens is 3. The van der Waals surface area contributed by atoms with Crippen molar-refractivity contribution in [3.8, 4) is 0 Å². The van der Waals surface area contributed by atoms with E-state index in [1.807, 2.05) is 0 Å². The smallest absolute Gasteiger partial charge is 0.271 e. The molecule has 7 nitrogen and oxygen atoms in total. The highest BCUT2D eigenvalue weighted by molar-refractivity contribution is 7.80. The van der Waals surface area contributed by atoms with Gasteiger partial charge in [0, 0.05) is 24.2 Å². The third-order valence-electron chi connectivity index (χ3n) is 6.23. The molecule has 0 aromatic heterocycles. The average molecular weight is 610 g/mol. The van der Waals surface area contributed by atoms with Gasteiger partial charge in [0.15, 0.2) is 5.11 Å². The molecule has 0 saturated carbocycles. The summed E-state index contributed by atoms with van der Waals surface area (Å²) in [6.45, 7) is 2.25. The van der Waals surface area contributed by atoms with Crippen molar-refractivity contribution in [2.24, 2.45) is 0 Å². The van der Waals surface area contributed by atoms with Crippen LogP contribution in [0, 0.1) is 10.1 Å². The number of nitro benzene ring substituents is 1. The first-order valence-corrected chi connectivity index (χ1v) is 15.4. The Morgan fingerprint density at radius 1 is 0.895 bits per heavy atom. The van der Waals surface area contributed by atoms with Gasteiger partial charge in [-0.2, -0.15) is 0 Å². The minimum Gasteiger partial charge on any atom is -0.339 e. The molecule has 0 bridgehead atoms. The van der Waals surface area contributed by atoms with Crippen LogP contribution in [0.25, 0.3) is 0 Å². The lowest BCUT2D eigenvalue weighted by Gasteiger charge is -2.27. The zero-order valence-electron chi connectivity index (χ0n) is 22.4. The monoisotopic (exact) mass is 608 g/mol. The fourth-order valence-electron chi connectivity index (χ4n) is 4.09. The van der Waals surface area contributed by atoms with E-state index in [2.05, 4.69) is 22.9 Å². The van der Waals surface area contributed by atoms with Gasteiger partial charge in [0.1, 0.15) is 6.17 Å². The number of alkyl halides is 3. The predicted octanol–water partition coefficient (Wildman–Crippen LogP) is 8.96. The Labute approximate surface area is 248 Å². The molecule has 1 amide bonds. The van der Waals surface area contributed by atoms with Crippen molar-refractivity contribution in [1.82, 2.24) is 10.6 Å². The molecule has 3 N–H and O–H groups in total. The second kappa shape index (κ2) is 20.5. The van der Waals surface area contributed by atoms with Crippen LogP contribution in [-0.2, 0) is 4.79 Å². The molecule has 1 rings (SSSR count). The number of hydrogen-bond donors (Lipinski definition) is 3. The highest BCUT2D eigenvalue weighted by Crippen LogP contribution is 2.29. The minimum absolute atomic E-state index is 0.0501. The molecule has 0 aliphatic rings. The SMILES string of the molecule is CCCCCCCCCCCCCCCCCC(=O)NC(NC(=S)Nc1cccc([N+](=O)[O-])c1)C(Cl)(Cl)Cl. The van der Waals surface area contributed by atoms with E-state index in [4.69, 9.17) is 47.0 Å². The van der Waals surface area contributed by atoms with Gasteiger partial charge in [-0.3, -0.25) is 14.9 Å². The summed E-state index contributed by atoms with van der Waals surface area (Å²) in [5, 5.41) is 19.2. The van der Waals surface area contributed by atoms with E-state index in [-0.39, 0.29) is 16.7 Å². The van der Waals surface area contributed by atoms with E-state index in [0.717, 1.165) is 19.3 Å². The number of amides is 1. The maximum atomic E-state index is 12.4. The van der Waals surface area contributed by atoms with Crippen molar-refractivity contribution >= 4 is 69.4 Å². The first-order valence-electron chi connectivity index (χ1n) is 13.8. The number of rotatable bonds is 20. The van der Waals surface area contributed by atoms with Crippen molar-refractivity contribution in [3.63, 3.8) is 0 Å². The average Bonchev–Trinajstić information content (AvgIpc) is 2.85. The van der Waals surface area contributed by atoms with Crippen molar-refractivity contribution in [2.75, 3.05) is 5.32 Å². The Morgan fingerprint density at radius 2 is 1.39 bits per heavy atom. The van der Waals surface area contributed by atoms with Gasteiger partial charge in [-0.15, -0.1) is 0 Å². The fourth-order valence-corrected chi connectivity index (χ4v) is 4.65. The Balaban J connectivity index is 2.19. The summed E-state index contributed by atoms with van der Waals surface area (Å²) in [6, 6.07) is 5.83. The van der Waals surface area contributed by atoms with E-state index in [1.165, 1.54) is 95.2 Å². The highest BCUT2D eigenvalue weighted by atomic mass is 35.6. The Bertz CT molecular complexity index is 840. The van der Waals surface area contributed by atoms with Gasteiger partial charge in [0.05, 0.1) is 4.92 Å². The first-order chi connectivity index (χ1) is 18.1. The van der Waals surface area contributed by atoms with Crippen LogP contribution in [0.15, 0.2) is 24.3 Å². The second-order valence-electron chi connectivity index (χ2n) is 9.65. The fraction of sp³-hybridized carbons (Fsp3) is 0.704. The van der Waals surface area contributed by atoms with Gasteiger partial charge in [-0.05, 0) is 24.7 Å². The number of nitrogens with zero attached hydrogens (tertiary/aromatic N) is 1. The molecule has 0 fully saturated rings. The summed E-state index contributed by atoms with van der Waals surface area (Å²) >= 11 is 23.3. The van der Waals surface area contributed by atoms with Crippen LogP contribution in [0.3, 0.4) is 0 Å². The largest absolute Gasteiger partial charge is 0.339 e. The number of anilines is 1. The van der Waals surface area contributed by atoms with Gasteiger partial charge >= 0.3 is 0 Å². The number of carbonyl (C=O) groups excluding carboxylic acids is 1. The Morgan fingerprint density at radius 3 is 1.87 bits per heavy atom. The Kier molecular flexibility index (Phi) is 18.7. The van der Waals surface area contributed by atoms with Gasteiger partial charge < -0.3 is 16.0 Å². The number of hydrogen-bond acceptors (Lipinski definition) is 4. The number of benzene rings is 1. The minimum atomic E-state index is -1.86. The van der Waals surface area contributed by atoms with Crippen LogP contribution in [0.4, 0.5) is 11.4 Å². The van der Waals surface area contributed by atoms with Crippen molar-refractivity contribution < 1.29 is 9.72 Å². The molecule has 0 spiro atoms. The molecule has 1 atom stereocenters. The molecule has 1 aromatic carbocycles. The van der Waals surface area contributed by atoms with Crippen LogP contribution in [0.5, 0.6) is 0 Å². The van der Waals surface area contributed by atoms with E-state index in [1.54, 1.807) is 6.07 Å². The molecule has 1 unspecified atom stereocenters. The first kappa shape index (κ1) is 34.7. The molecule has 216 valence electrons. The van der Waals surface area contributed by atoms with Crippen LogP contribution in [-0.4, -0.2) is 25.9 Å². The second-order valence-corrected chi connectivity index (χ2v) is 12.4. The number of carbonyl (C=O) groups is 1. The predicted molar refractivity (Wildman–Crippen MR) is 164 cm³/mol. The van der Waals surface area contributed by atoms with E-state index < -0.39 is 14.9 Å². The summed E-state index contributed by atoms with van der Waals surface area (Å²) in [7, 11) is 0. The summed E-state index contributed by atoms with van der Waals surface area (Å²) in [6.07, 6.45) is 18.1. The Hall–Kier alpha value is -1.35. The number of nitrogens with one attached hydrogen (secondary N) is 3. The van der Waals surface area contributed by atoms with Crippen LogP contribution < -0.4 is 16.0 Å². The molecule has 0 aliphatic heterocycles. The standard InChI is InChI=1S/C27H43Cl3N4O3S/c1-2-3-4-5-6-7-8-9-10-11-12-13-14-15-16-20-24(35)32-25(27(28,29)30)33-26(38)31-22-18-17-19-23(21-22)34(36)37/h17-19,21,25H,2-16,20H2,1H3,(H,32,35)(H2,31,33,38). The molecule has 38 heavy (non-hydrogen) atoms. The molecular weight excluding hydrogens is 567 g/mol. The summed E-state index contributed by atoms with van der Waals surface area (Å²) in [4.78, 5) is 22.9. The lowest BCUT2D eigenvalue weighted by atomic mass is 10.0. The van der Waals surface area contributed by atoms with E-state index in [0.29, 0.717) is 12.1 Å². The number of nitro groups is 1. The van der Waals surface area contributed by atoms with Crippen LogP contribution in [0.1, 0.15) is 110 Å². The summed E-state index contributed by atoms with van der Waals surface area (Å²) in [5.41, 5.74) is 0.302. The zero-order valence-corrected chi connectivity index (χ0v) is 25.5. The lowest BCUT2D eigenvalue weighted by Crippen LogP contribution is -2.56. The van der Waals surface area contributed by atoms with E-state index in [9.17, 15) is 14.9 Å². The van der Waals surface area contributed by atoms with Crippen molar-refractivity contribution in [2.45, 2.75) is 120 Å². The topological polar surface area (TPSA) is 96.3 Å². The number of thiocarbonyl (C=S) groups is 1. The third-order valence-corrected chi connectivity index (χ3v) is 7.10. The van der Waals surface area contributed by atoms with Crippen LogP contribution >= 0.6 is 47.0 Å². The van der Waals surface area contributed by atoms with Gasteiger partial charge in [-0.1, -0.05) is 138 Å². The molecular formula is C27H43Cl3N4O3S. The molecule has 11 heteroatoms. The molecule has 0 heterocycles. The number of unbranched alkanes of at least 4 members (excludes halogenated alkanes) is 14. The third kappa shape index (κ3) is 17.3. The van der Waals surface area contributed by atoms with Crippen LogP contribution in [0.2, 0.25) is 0 Å². The summed E-state index contributed by atoms with van der Waals surface area (Å²) < 4.78 is -1.86. The summed E-state index contributed by atoms with van der Waals surface area (Å²) in [5.74, 6) is -0.248. The molecule has 0 aliphatic carbocycles. The van der Waals surface area contributed by atoms with Crippen molar-refractivity contribution in [3.05, 3.63) is 34.4 Å². The van der Waals surface area contributed by atoms with Gasteiger partial charge in [0.2, 0.25) is 9.70 Å². The van der Waals surface area contributed by atoms with Crippen molar-refractivity contribution in [1.29, 1.82) is 0 Å². The maximum Gasteiger partial charge on any atom is 0.271 e. The quantitative estimate of drug-likeness (QED) is 0.0341. The molecule has 0 radical (unpaired) electrons. The highest BCUT2D eigenvalue weighted by Gasteiger charge is 2.34. The molecule has 1 aromatic rings. The van der Waals surface area contributed by atoms with Gasteiger partial charge in [0.25, 0.3) is 5.69 Å². The van der Waals surface area contributed by atoms with Gasteiger partial charge in [-0.25, -0.2) is 0 Å². The van der Waals surface area contributed by atoms with E-state index >= 15 is 0 Å².